The lowest BCUT2D eigenvalue weighted by atomic mass is 9.90. The lowest BCUT2D eigenvalue weighted by Crippen LogP contribution is -2.36. The fourth-order valence-electron chi connectivity index (χ4n) is 2.28. The standard InChI is InChI=1S/C14H18N2O5/c1-14(13(19)20)5-7-16(9-14)11(17)4-6-15-12(18)10-3-2-8-21-10/h2-3,8H,4-7,9H2,1H3,(H,15,18)(H,19,20). The zero-order valence-electron chi connectivity index (χ0n) is 11.8. The van der Waals surface area contributed by atoms with Gasteiger partial charge in [0.25, 0.3) is 5.91 Å². The number of nitrogens with zero attached hydrogens (tertiary/aromatic N) is 1. The number of furan rings is 1. The van der Waals surface area contributed by atoms with Gasteiger partial charge in [-0.3, -0.25) is 14.4 Å². The molecule has 2 rings (SSSR count). The number of amides is 2. The summed E-state index contributed by atoms with van der Waals surface area (Å²) in [5, 5.41) is 11.7. The van der Waals surface area contributed by atoms with Gasteiger partial charge in [-0.1, -0.05) is 0 Å². The van der Waals surface area contributed by atoms with Crippen LogP contribution in [0.5, 0.6) is 0 Å². The van der Waals surface area contributed by atoms with Gasteiger partial charge in [-0.05, 0) is 25.5 Å². The molecule has 0 spiro atoms. The zero-order valence-corrected chi connectivity index (χ0v) is 11.8. The Morgan fingerprint density at radius 3 is 2.81 bits per heavy atom. The molecule has 7 heteroatoms. The van der Waals surface area contributed by atoms with Gasteiger partial charge in [-0.15, -0.1) is 0 Å². The van der Waals surface area contributed by atoms with Crippen molar-refractivity contribution in [2.75, 3.05) is 19.6 Å². The lowest BCUT2D eigenvalue weighted by Gasteiger charge is -2.20. The van der Waals surface area contributed by atoms with Crippen molar-refractivity contribution in [2.24, 2.45) is 5.41 Å². The molecule has 1 aromatic rings. The third kappa shape index (κ3) is 3.42. The number of carboxylic acids is 1. The van der Waals surface area contributed by atoms with Gasteiger partial charge in [0, 0.05) is 26.1 Å². The minimum atomic E-state index is -0.885. The molecule has 7 nitrogen and oxygen atoms in total. The van der Waals surface area contributed by atoms with Crippen LogP contribution in [-0.4, -0.2) is 47.4 Å². The first-order valence-electron chi connectivity index (χ1n) is 6.75. The molecule has 0 aliphatic carbocycles. The molecule has 1 aromatic heterocycles. The van der Waals surface area contributed by atoms with Crippen LogP contribution in [0.4, 0.5) is 0 Å². The van der Waals surface area contributed by atoms with Crippen molar-refractivity contribution in [1.82, 2.24) is 10.2 Å². The van der Waals surface area contributed by atoms with Crippen LogP contribution in [0.25, 0.3) is 0 Å². The van der Waals surface area contributed by atoms with E-state index in [4.69, 9.17) is 9.52 Å². The predicted octanol–water partition coefficient (Wildman–Crippen LogP) is 0.723. The maximum Gasteiger partial charge on any atom is 0.311 e. The van der Waals surface area contributed by atoms with Gasteiger partial charge < -0.3 is 19.7 Å². The third-order valence-corrected chi connectivity index (χ3v) is 3.71. The number of hydrogen-bond acceptors (Lipinski definition) is 4. The van der Waals surface area contributed by atoms with Crippen molar-refractivity contribution in [1.29, 1.82) is 0 Å². The second kappa shape index (κ2) is 5.99. The second-order valence-electron chi connectivity index (χ2n) is 5.41. The number of carbonyl (C=O) groups is 3. The van der Waals surface area contributed by atoms with Crippen molar-refractivity contribution in [2.45, 2.75) is 19.8 Å². The van der Waals surface area contributed by atoms with E-state index in [1.165, 1.54) is 17.2 Å². The van der Waals surface area contributed by atoms with Gasteiger partial charge in [-0.25, -0.2) is 0 Å². The SMILES string of the molecule is CC1(C(=O)O)CCN(C(=O)CCNC(=O)c2ccco2)C1. The lowest BCUT2D eigenvalue weighted by molar-refractivity contribution is -0.147. The van der Waals surface area contributed by atoms with Crippen LogP contribution in [-0.2, 0) is 9.59 Å². The van der Waals surface area contributed by atoms with Crippen LogP contribution in [0.3, 0.4) is 0 Å². The Bertz CT molecular complexity index is 540. The molecule has 1 saturated heterocycles. The van der Waals surface area contributed by atoms with Gasteiger partial charge in [0.15, 0.2) is 5.76 Å². The van der Waals surface area contributed by atoms with Crippen molar-refractivity contribution < 1.29 is 23.9 Å². The van der Waals surface area contributed by atoms with E-state index in [1.54, 1.807) is 13.0 Å². The summed E-state index contributed by atoms with van der Waals surface area (Å²) < 4.78 is 4.93. The van der Waals surface area contributed by atoms with Gasteiger partial charge in [-0.2, -0.15) is 0 Å². The normalized spacial score (nSPS) is 21.3. The highest BCUT2D eigenvalue weighted by atomic mass is 16.4. The van der Waals surface area contributed by atoms with Crippen molar-refractivity contribution in [3.63, 3.8) is 0 Å². The molecule has 1 unspecified atom stereocenters. The van der Waals surface area contributed by atoms with Crippen molar-refractivity contribution in [3.8, 4) is 0 Å². The van der Waals surface area contributed by atoms with E-state index in [0.717, 1.165) is 0 Å². The summed E-state index contributed by atoms with van der Waals surface area (Å²) in [6.07, 6.45) is 1.99. The molecule has 2 heterocycles. The highest BCUT2D eigenvalue weighted by molar-refractivity contribution is 5.91. The van der Waals surface area contributed by atoms with Crippen LogP contribution in [0, 0.1) is 5.41 Å². The Hall–Kier alpha value is -2.31. The molecule has 0 bridgehead atoms. The maximum absolute atomic E-state index is 12.0. The summed E-state index contributed by atoms with van der Waals surface area (Å²) >= 11 is 0. The third-order valence-electron chi connectivity index (χ3n) is 3.71. The quantitative estimate of drug-likeness (QED) is 0.833. The van der Waals surface area contributed by atoms with Gasteiger partial charge in [0.1, 0.15) is 0 Å². The molecule has 1 atom stereocenters. The summed E-state index contributed by atoms with van der Waals surface area (Å²) in [5.74, 6) is -1.21. The fraction of sp³-hybridized carbons (Fsp3) is 0.500. The molecule has 2 N–H and O–H groups in total. The summed E-state index contributed by atoms with van der Waals surface area (Å²) in [5.41, 5.74) is -0.868. The highest BCUT2D eigenvalue weighted by Crippen LogP contribution is 2.30. The second-order valence-corrected chi connectivity index (χ2v) is 5.41. The minimum Gasteiger partial charge on any atom is -0.481 e. The monoisotopic (exact) mass is 294 g/mol. The van der Waals surface area contributed by atoms with E-state index in [0.29, 0.717) is 13.0 Å². The summed E-state index contributed by atoms with van der Waals surface area (Å²) in [6, 6.07) is 3.15. The number of rotatable bonds is 5. The molecule has 1 fully saturated rings. The fourth-order valence-corrected chi connectivity index (χ4v) is 2.28. The average molecular weight is 294 g/mol. The van der Waals surface area contributed by atoms with E-state index in [1.807, 2.05) is 0 Å². The van der Waals surface area contributed by atoms with E-state index < -0.39 is 11.4 Å². The molecule has 0 saturated carbocycles. The van der Waals surface area contributed by atoms with E-state index in [2.05, 4.69) is 5.32 Å². The summed E-state index contributed by atoms with van der Waals surface area (Å²) in [4.78, 5) is 36.2. The number of carboxylic acid groups (broad SMARTS) is 1. The van der Waals surface area contributed by atoms with E-state index in [9.17, 15) is 14.4 Å². The molecule has 21 heavy (non-hydrogen) atoms. The molecular weight excluding hydrogens is 276 g/mol. The number of aliphatic carboxylic acids is 1. The molecule has 1 aliphatic heterocycles. The number of likely N-dealkylation sites (tertiary alicyclic amines) is 1. The Kier molecular flexibility index (Phi) is 4.30. The van der Waals surface area contributed by atoms with E-state index in [-0.39, 0.29) is 37.1 Å². The first-order chi connectivity index (χ1) is 9.92. The van der Waals surface area contributed by atoms with Gasteiger partial charge >= 0.3 is 5.97 Å². The van der Waals surface area contributed by atoms with Crippen molar-refractivity contribution in [3.05, 3.63) is 24.2 Å². The van der Waals surface area contributed by atoms with Gasteiger partial charge in [0.2, 0.25) is 5.91 Å². The number of carbonyl (C=O) groups excluding carboxylic acids is 2. The predicted molar refractivity (Wildman–Crippen MR) is 72.6 cm³/mol. The smallest absolute Gasteiger partial charge is 0.311 e. The first-order valence-corrected chi connectivity index (χ1v) is 6.75. The van der Waals surface area contributed by atoms with Crippen LogP contribution in [0.15, 0.2) is 22.8 Å². The van der Waals surface area contributed by atoms with Crippen LogP contribution < -0.4 is 5.32 Å². The Balaban J connectivity index is 1.76. The Morgan fingerprint density at radius 2 is 2.24 bits per heavy atom. The highest BCUT2D eigenvalue weighted by Gasteiger charge is 2.41. The Labute approximate surface area is 121 Å². The molecular formula is C14H18N2O5. The average Bonchev–Trinajstić information content (AvgIpc) is 3.08. The number of nitrogens with one attached hydrogen (secondary N) is 1. The minimum absolute atomic E-state index is 0.141. The van der Waals surface area contributed by atoms with Gasteiger partial charge in [0.05, 0.1) is 11.7 Å². The molecule has 1 aliphatic rings. The van der Waals surface area contributed by atoms with Crippen LogP contribution in [0.2, 0.25) is 0 Å². The molecule has 0 aromatic carbocycles. The molecule has 2 amide bonds. The topological polar surface area (TPSA) is 99.9 Å². The maximum atomic E-state index is 12.0. The number of hydrogen-bond donors (Lipinski definition) is 2. The summed E-state index contributed by atoms with van der Waals surface area (Å²) in [6.45, 7) is 2.49. The molecule has 0 radical (unpaired) electrons. The Morgan fingerprint density at radius 1 is 1.48 bits per heavy atom. The van der Waals surface area contributed by atoms with Crippen LogP contribution >= 0.6 is 0 Å². The van der Waals surface area contributed by atoms with Crippen LogP contribution in [0.1, 0.15) is 30.3 Å². The van der Waals surface area contributed by atoms with Crippen molar-refractivity contribution >= 4 is 17.8 Å². The largest absolute Gasteiger partial charge is 0.481 e. The first kappa shape index (κ1) is 15.1. The zero-order chi connectivity index (χ0) is 15.5. The molecule has 114 valence electrons. The van der Waals surface area contributed by atoms with E-state index >= 15 is 0 Å². The summed E-state index contributed by atoms with van der Waals surface area (Å²) in [7, 11) is 0.